The van der Waals surface area contributed by atoms with Gasteiger partial charge in [-0.15, -0.1) is 0 Å². The summed E-state index contributed by atoms with van der Waals surface area (Å²) >= 11 is 1.27. The van der Waals surface area contributed by atoms with Gasteiger partial charge in [-0.05, 0) is 42.8 Å². The van der Waals surface area contributed by atoms with E-state index in [1.807, 2.05) is 0 Å². The van der Waals surface area contributed by atoms with E-state index in [1.54, 1.807) is 63.6 Å². The van der Waals surface area contributed by atoms with E-state index in [9.17, 15) is 5.26 Å². The van der Waals surface area contributed by atoms with E-state index in [0.29, 0.717) is 62.1 Å². The lowest BCUT2D eigenvalue weighted by Crippen LogP contribution is -2.02. The second-order valence-corrected chi connectivity index (χ2v) is 9.06. The van der Waals surface area contributed by atoms with Crippen LogP contribution in [0.1, 0.15) is 17.0 Å². The molecule has 2 aromatic carbocycles. The third-order valence-corrected chi connectivity index (χ3v) is 6.75. The molecule has 0 saturated carbocycles. The number of ether oxygens (including phenoxy) is 3. The van der Waals surface area contributed by atoms with Gasteiger partial charge in [-0.1, -0.05) is 23.9 Å². The van der Waals surface area contributed by atoms with Crippen molar-refractivity contribution >= 4 is 23.3 Å². The molecule has 0 radical (unpaired) electrons. The monoisotopic (exact) mass is 543 g/mol. The number of hydrogen-bond donors (Lipinski definition) is 2. The van der Waals surface area contributed by atoms with E-state index >= 15 is 0 Å². The van der Waals surface area contributed by atoms with Crippen molar-refractivity contribution in [1.29, 1.82) is 5.26 Å². The highest BCUT2D eigenvalue weighted by molar-refractivity contribution is 7.98. The number of anilines is 1. The van der Waals surface area contributed by atoms with Gasteiger partial charge in [0.1, 0.15) is 46.5 Å². The van der Waals surface area contributed by atoms with Gasteiger partial charge in [0, 0.05) is 11.3 Å². The SMILES string of the molecule is [C-]#[N+]c1c(N)nc(SCc2nc(-c3cc(OC)ccc3OC)oc2C)c(C#N)c1-c1ccc(OCCO)cc1. The van der Waals surface area contributed by atoms with Crippen molar-refractivity contribution in [2.24, 2.45) is 0 Å². The lowest BCUT2D eigenvalue weighted by molar-refractivity contribution is 0.201. The quantitative estimate of drug-likeness (QED) is 0.197. The Bertz CT molecular complexity index is 1570. The topological polar surface area (TPSA) is 141 Å². The van der Waals surface area contributed by atoms with Crippen molar-refractivity contribution in [3.8, 4) is 45.9 Å². The van der Waals surface area contributed by atoms with Crippen molar-refractivity contribution in [1.82, 2.24) is 9.97 Å². The largest absolute Gasteiger partial charge is 0.497 e. The molecule has 2 heterocycles. The highest BCUT2D eigenvalue weighted by atomic mass is 32.2. The molecule has 3 N–H and O–H groups in total. The van der Waals surface area contributed by atoms with Crippen molar-refractivity contribution in [3.05, 3.63) is 70.9 Å². The maximum Gasteiger partial charge on any atom is 0.236 e. The van der Waals surface area contributed by atoms with Crippen LogP contribution in [-0.4, -0.2) is 42.5 Å². The van der Waals surface area contributed by atoms with Crippen LogP contribution in [0.5, 0.6) is 17.2 Å². The number of thioether (sulfide) groups is 1. The number of pyridine rings is 1. The Morgan fingerprint density at radius 1 is 1.13 bits per heavy atom. The summed E-state index contributed by atoms with van der Waals surface area (Å²) in [7, 11) is 3.14. The summed E-state index contributed by atoms with van der Waals surface area (Å²) < 4.78 is 22.2. The maximum atomic E-state index is 10.1. The molecule has 2 aromatic heterocycles. The third kappa shape index (κ3) is 5.75. The molecule has 4 rings (SSSR count). The van der Waals surface area contributed by atoms with Crippen molar-refractivity contribution < 1.29 is 23.7 Å². The Morgan fingerprint density at radius 3 is 2.51 bits per heavy atom. The summed E-state index contributed by atoms with van der Waals surface area (Å²) in [6.45, 7) is 9.51. The zero-order valence-electron chi connectivity index (χ0n) is 21.5. The number of nitrogens with zero attached hydrogens (tertiary/aromatic N) is 4. The molecule has 0 amide bonds. The van der Waals surface area contributed by atoms with E-state index < -0.39 is 0 Å². The number of aliphatic hydroxyl groups excluding tert-OH is 1. The van der Waals surface area contributed by atoms with Crippen LogP contribution in [0.25, 0.3) is 27.4 Å². The van der Waals surface area contributed by atoms with Gasteiger partial charge < -0.3 is 29.5 Å². The molecule has 0 fully saturated rings. The lowest BCUT2D eigenvalue weighted by atomic mass is 10.00. The standard InChI is InChI=1S/C28H25N5O5S/c1-16-22(32-27(38-16)20-13-19(35-3)9-10-23(20)36-4)15-39-28-21(14-29)24(25(31-2)26(30)33-28)17-5-7-18(8-6-17)37-12-11-34/h5-10,13,34H,11-12,15H2,1,3-4H3,(H2,30,33). The van der Waals surface area contributed by atoms with Gasteiger partial charge in [0.2, 0.25) is 11.6 Å². The molecule has 0 spiro atoms. The van der Waals surface area contributed by atoms with Crippen molar-refractivity contribution in [3.63, 3.8) is 0 Å². The molecule has 0 saturated heterocycles. The molecule has 0 unspecified atom stereocenters. The van der Waals surface area contributed by atoms with Crippen molar-refractivity contribution in [2.75, 3.05) is 33.2 Å². The van der Waals surface area contributed by atoms with Crippen LogP contribution < -0.4 is 19.9 Å². The number of aromatic nitrogens is 2. The average Bonchev–Trinajstić information content (AvgIpc) is 3.34. The first-order valence-electron chi connectivity index (χ1n) is 11.7. The van der Waals surface area contributed by atoms with E-state index in [4.69, 9.17) is 36.0 Å². The molecule has 11 heteroatoms. The predicted octanol–water partition coefficient (Wildman–Crippen LogP) is 5.40. The minimum atomic E-state index is -0.108. The van der Waals surface area contributed by atoms with Gasteiger partial charge in [0.15, 0.2) is 0 Å². The fraction of sp³-hybridized carbons (Fsp3) is 0.214. The third-order valence-electron chi connectivity index (χ3n) is 5.77. The highest BCUT2D eigenvalue weighted by Gasteiger charge is 2.22. The summed E-state index contributed by atoms with van der Waals surface area (Å²) in [6, 6.07) is 14.4. The maximum absolute atomic E-state index is 10.1. The summed E-state index contributed by atoms with van der Waals surface area (Å²) in [5.74, 6) is 3.12. The van der Waals surface area contributed by atoms with Crippen LogP contribution in [0.2, 0.25) is 0 Å². The number of nitrogens with two attached hydrogens (primary N) is 1. The molecule has 0 aliphatic carbocycles. The minimum absolute atomic E-state index is 0.0285. The first kappa shape index (κ1) is 27.3. The summed E-state index contributed by atoms with van der Waals surface area (Å²) in [6.07, 6.45) is 0. The molecule has 0 aliphatic rings. The summed E-state index contributed by atoms with van der Waals surface area (Å²) in [4.78, 5) is 12.6. The van der Waals surface area contributed by atoms with Crippen LogP contribution in [0.4, 0.5) is 11.5 Å². The molecule has 39 heavy (non-hydrogen) atoms. The van der Waals surface area contributed by atoms with Gasteiger partial charge in [-0.25, -0.2) is 14.8 Å². The molecule has 10 nitrogen and oxygen atoms in total. The number of benzene rings is 2. The number of hydrogen-bond acceptors (Lipinski definition) is 10. The van der Waals surface area contributed by atoms with E-state index in [1.165, 1.54) is 11.8 Å². The van der Waals surface area contributed by atoms with Gasteiger partial charge in [0.05, 0.1) is 44.2 Å². The van der Waals surface area contributed by atoms with Gasteiger partial charge in [-0.2, -0.15) is 5.26 Å². The van der Waals surface area contributed by atoms with Gasteiger partial charge in [-0.3, -0.25) is 0 Å². The second kappa shape index (κ2) is 12.2. The van der Waals surface area contributed by atoms with Crippen LogP contribution in [-0.2, 0) is 5.75 Å². The Morgan fingerprint density at radius 2 is 1.87 bits per heavy atom. The van der Waals surface area contributed by atoms with Crippen LogP contribution in [0.3, 0.4) is 0 Å². The smallest absolute Gasteiger partial charge is 0.236 e. The molecule has 0 aliphatic heterocycles. The predicted molar refractivity (Wildman–Crippen MR) is 147 cm³/mol. The highest BCUT2D eigenvalue weighted by Crippen LogP contribution is 2.42. The summed E-state index contributed by atoms with van der Waals surface area (Å²) in [5.41, 5.74) is 8.83. The Balaban J connectivity index is 1.68. The number of oxazole rings is 1. The zero-order valence-corrected chi connectivity index (χ0v) is 22.3. The number of nitriles is 1. The minimum Gasteiger partial charge on any atom is -0.497 e. The average molecular weight is 544 g/mol. The van der Waals surface area contributed by atoms with Crippen LogP contribution >= 0.6 is 11.8 Å². The molecular formula is C28H25N5O5S. The van der Waals surface area contributed by atoms with Crippen LogP contribution in [0.15, 0.2) is 51.9 Å². The number of nitrogen functional groups attached to an aromatic ring is 1. The summed E-state index contributed by atoms with van der Waals surface area (Å²) in [5, 5.41) is 19.4. The van der Waals surface area contributed by atoms with Gasteiger partial charge in [0.25, 0.3) is 0 Å². The van der Waals surface area contributed by atoms with E-state index in [-0.39, 0.29) is 30.3 Å². The molecule has 0 bridgehead atoms. The van der Waals surface area contributed by atoms with Crippen molar-refractivity contribution in [2.45, 2.75) is 17.7 Å². The Hall–Kier alpha value is -4.71. The second-order valence-electron chi connectivity index (χ2n) is 8.10. The normalized spacial score (nSPS) is 10.5. The number of rotatable bonds is 10. The molecular weight excluding hydrogens is 518 g/mol. The lowest BCUT2D eigenvalue weighted by Gasteiger charge is -2.13. The van der Waals surface area contributed by atoms with E-state index in [0.717, 1.165) is 0 Å². The number of methoxy groups -OCH3 is 2. The van der Waals surface area contributed by atoms with Gasteiger partial charge >= 0.3 is 0 Å². The van der Waals surface area contributed by atoms with Crippen LogP contribution in [0, 0.1) is 24.8 Å². The Kier molecular flexibility index (Phi) is 8.56. The fourth-order valence-electron chi connectivity index (χ4n) is 3.85. The molecule has 198 valence electrons. The first-order chi connectivity index (χ1) is 18.9. The first-order valence-corrected chi connectivity index (χ1v) is 12.7. The number of aliphatic hydroxyl groups is 1. The number of aryl methyl sites for hydroxylation is 1. The molecule has 0 atom stereocenters. The van der Waals surface area contributed by atoms with E-state index in [2.05, 4.69) is 20.9 Å². The zero-order chi connectivity index (χ0) is 27.9. The fourth-order valence-corrected chi connectivity index (χ4v) is 4.85. The molecule has 4 aromatic rings. The Labute approximate surface area is 229 Å².